The molecule has 90 valence electrons. The van der Waals surface area contributed by atoms with Gasteiger partial charge in [0.25, 0.3) is 5.91 Å². The van der Waals surface area contributed by atoms with E-state index in [-0.39, 0.29) is 5.91 Å². The average molecular weight is 251 g/mol. The standard InChI is InChI=1S/C13H15ClN2O/c14-9-2-4-12(15)11(6-9)13(17)16-7-8-1-3-10(16)5-8/h2,4,6,8,10H,1,3,5,7,15H2. The summed E-state index contributed by atoms with van der Waals surface area (Å²) >= 11 is 5.92. The highest BCUT2D eigenvalue weighted by molar-refractivity contribution is 6.31. The zero-order chi connectivity index (χ0) is 12.0. The zero-order valence-electron chi connectivity index (χ0n) is 9.53. The molecule has 1 amide bonds. The molecule has 4 heteroatoms. The number of nitrogen functional groups attached to an aromatic ring is 1. The molecule has 1 aliphatic heterocycles. The van der Waals surface area contributed by atoms with Crippen molar-refractivity contribution in [1.29, 1.82) is 0 Å². The van der Waals surface area contributed by atoms with Gasteiger partial charge in [0.15, 0.2) is 0 Å². The van der Waals surface area contributed by atoms with Crippen molar-refractivity contribution in [3.63, 3.8) is 0 Å². The number of rotatable bonds is 1. The highest BCUT2D eigenvalue weighted by Gasteiger charge is 2.40. The van der Waals surface area contributed by atoms with E-state index in [4.69, 9.17) is 17.3 Å². The van der Waals surface area contributed by atoms with Gasteiger partial charge in [-0.1, -0.05) is 11.6 Å². The summed E-state index contributed by atoms with van der Waals surface area (Å²) in [5.41, 5.74) is 6.91. The third-order valence-corrected chi connectivity index (χ3v) is 4.15. The number of hydrogen-bond acceptors (Lipinski definition) is 2. The molecule has 1 aromatic carbocycles. The summed E-state index contributed by atoms with van der Waals surface area (Å²) < 4.78 is 0. The second kappa shape index (κ2) is 3.91. The van der Waals surface area contributed by atoms with Crippen LogP contribution in [0.2, 0.25) is 5.02 Å². The van der Waals surface area contributed by atoms with E-state index >= 15 is 0 Å². The van der Waals surface area contributed by atoms with E-state index in [0.29, 0.717) is 28.2 Å². The number of likely N-dealkylation sites (tertiary alicyclic amines) is 1. The first-order valence-electron chi connectivity index (χ1n) is 6.01. The van der Waals surface area contributed by atoms with Gasteiger partial charge < -0.3 is 10.6 Å². The van der Waals surface area contributed by atoms with Crippen LogP contribution >= 0.6 is 11.6 Å². The van der Waals surface area contributed by atoms with E-state index in [1.165, 1.54) is 6.42 Å². The van der Waals surface area contributed by atoms with Crippen molar-refractivity contribution in [2.75, 3.05) is 12.3 Å². The maximum Gasteiger partial charge on any atom is 0.256 e. The molecule has 1 saturated carbocycles. The number of amides is 1. The van der Waals surface area contributed by atoms with Gasteiger partial charge in [-0.25, -0.2) is 0 Å². The smallest absolute Gasteiger partial charge is 0.256 e. The molecule has 2 fully saturated rings. The maximum atomic E-state index is 12.4. The maximum absolute atomic E-state index is 12.4. The van der Waals surface area contributed by atoms with Crippen molar-refractivity contribution in [3.05, 3.63) is 28.8 Å². The topological polar surface area (TPSA) is 46.3 Å². The average Bonchev–Trinajstić information content (AvgIpc) is 2.93. The van der Waals surface area contributed by atoms with E-state index in [9.17, 15) is 4.79 Å². The molecule has 1 saturated heterocycles. The summed E-state index contributed by atoms with van der Waals surface area (Å²) in [6, 6.07) is 5.50. The molecule has 3 nitrogen and oxygen atoms in total. The molecule has 1 aromatic rings. The quantitative estimate of drug-likeness (QED) is 0.779. The third kappa shape index (κ3) is 1.78. The number of carbonyl (C=O) groups excluding carboxylic acids is 1. The first kappa shape index (κ1) is 10.9. The SMILES string of the molecule is Nc1ccc(Cl)cc1C(=O)N1CC2CCC1C2. The minimum absolute atomic E-state index is 0.0391. The number of anilines is 1. The number of nitrogens with zero attached hydrogens (tertiary/aromatic N) is 1. The van der Waals surface area contributed by atoms with Gasteiger partial charge in [0.2, 0.25) is 0 Å². The first-order chi connectivity index (χ1) is 8.15. The molecule has 2 atom stereocenters. The van der Waals surface area contributed by atoms with Crippen LogP contribution in [0, 0.1) is 5.92 Å². The van der Waals surface area contributed by atoms with Crippen molar-refractivity contribution in [2.45, 2.75) is 25.3 Å². The first-order valence-corrected chi connectivity index (χ1v) is 6.39. The van der Waals surface area contributed by atoms with Crippen LogP contribution in [0.5, 0.6) is 0 Å². The van der Waals surface area contributed by atoms with Crippen molar-refractivity contribution < 1.29 is 4.79 Å². The van der Waals surface area contributed by atoms with E-state index in [0.717, 1.165) is 19.4 Å². The van der Waals surface area contributed by atoms with Crippen LogP contribution in [-0.4, -0.2) is 23.4 Å². The van der Waals surface area contributed by atoms with Crippen molar-refractivity contribution in [1.82, 2.24) is 4.90 Å². The zero-order valence-corrected chi connectivity index (χ0v) is 10.3. The Hall–Kier alpha value is -1.22. The molecule has 2 N–H and O–H groups in total. The number of halogens is 1. The van der Waals surface area contributed by atoms with Gasteiger partial charge in [-0.15, -0.1) is 0 Å². The Morgan fingerprint density at radius 2 is 2.24 bits per heavy atom. The normalized spacial score (nSPS) is 26.5. The van der Waals surface area contributed by atoms with Gasteiger partial charge >= 0.3 is 0 Å². The van der Waals surface area contributed by atoms with Gasteiger partial charge in [0, 0.05) is 23.3 Å². The van der Waals surface area contributed by atoms with Crippen LogP contribution in [0.3, 0.4) is 0 Å². The molecule has 17 heavy (non-hydrogen) atoms. The van der Waals surface area contributed by atoms with Crippen molar-refractivity contribution in [2.24, 2.45) is 5.92 Å². The van der Waals surface area contributed by atoms with Gasteiger partial charge in [0.1, 0.15) is 0 Å². The number of fused-ring (bicyclic) bond motifs is 2. The van der Waals surface area contributed by atoms with Gasteiger partial charge in [-0.05, 0) is 43.4 Å². The Morgan fingerprint density at radius 3 is 2.88 bits per heavy atom. The number of carbonyl (C=O) groups is 1. The van der Waals surface area contributed by atoms with Crippen molar-refractivity contribution >= 4 is 23.2 Å². The largest absolute Gasteiger partial charge is 0.398 e. The summed E-state index contributed by atoms with van der Waals surface area (Å²) in [7, 11) is 0. The van der Waals surface area contributed by atoms with Crippen LogP contribution < -0.4 is 5.73 Å². The van der Waals surface area contributed by atoms with E-state index in [1.54, 1.807) is 18.2 Å². The van der Waals surface area contributed by atoms with Crippen LogP contribution in [0.1, 0.15) is 29.6 Å². The van der Waals surface area contributed by atoms with Crippen molar-refractivity contribution in [3.8, 4) is 0 Å². The lowest BCUT2D eigenvalue weighted by molar-refractivity contribution is 0.0704. The Kier molecular flexibility index (Phi) is 2.51. The third-order valence-electron chi connectivity index (χ3n) is 3.92. The number of piperidine rings is 1. The number of hydrogen-bond donors (Lipinski definition) is 1. The second-order valence-corrected chi connectivity index (χ2v) is 5.46. The fraction of sp³-hybridized carbons (Fsp3) is 0.462. The molecular formula is C13H15ClN2O. The summed E-state index contributed by atoms with van der Waals surface area (Å²) in [5, 5.41) is 0.562. The molecule has 1 heterocycles. The fourth-order valence-electron chi connectivity index (χ4n) is 3.04. The number of nitrogens with two attached hydrogens (primary N) is 1. The molecule has 2 aliphatic rings. The highest BCUT2D eigenvalue weighted by Crippen LogP contribution is 2.38. The molecular weight excluding hydrogens is 236 g/mol. The lowest BCUT2D eigenvalue weighted by atomic mass is 10.1. The lowest BCUT2D eigenvalue weighted by Gasteiger charge is -2.27. The molecule has 0 spiro atoms. The van der Waals surface area contributed by atoms with Crippen LogP contribution in [0.15, 0.2) is 18.2 Å². The van der Waals surface area contributed by atoms with Gasteiger partial charge in [-0.2, -0.15) is 0 Å². The van der Waals surface area contributed by atoms with Gasteiger partial charge in [-0.3, -0.25) is 4.79 Å². The molecule has 3 rings (SSSR count). The second-order valence-electron chi connectivity index (χ2n) is 5.02. The predicted octanol–water partition coefficient (Wildman–Crippen LogP) is 2.55. The lowest BCUT2D eigenvalue weighted by Crippen LogP contribution is -2.37. The molecule has 1 aliphatic carbocycles. The fourth-order valence-corrected chi connectivity index (χ4v) is 3.21. The minimum atomic E-state index is 0.0391. The Bertz CT molecular complexity index is 474. The number of benzene rings is 1. The highest BCUT2D eigenvalue weighted by atomic mass is 35.5. The van der Waals surface area contributed by atoms with E-state index in [2.05, 4.69) is 0 Å². The Labute approximate surface area is 106 Å². The minimum Gasteiger partial charge on any atom is -0.398 e. The van der Waals surface area contributed by atoms with Crippen LogP contribution in [0.4, 0.5) is 5.69 Å². The summed E-state index contributed by atoms with van der Waals surface area (Å²) in [6.07, 6.45) is 3.56. The Morgan fingerprint density at radius 1 is 1.41 bits per heavy atom. The molecule has 0 aromatic heterocycles. The summed E-state index contributed by atoms with van der Waals surface area (Å²) in [4.78, 5) is 14.4. The van der Waals surface area contributed by atoms with E-state index < -0.39 is 0 Å². The van der Waals surface area contributed by atoms with Crippen LogP contribution in [0.25, 0.3) is 0 Å². The Balaban J connectivity index is 1.89. The van der Waals surface area contributed by atoms with Gasteiger partial charge in [0.05, 0.1) is 5.56 Å². The monoisotopic (exact) mass is 250 g/mol. The molecule has 2 unspecified atom stereocenters. The molecule has 0 radical (unpaired) electrons. The summed E-state index contributed by atoms with van der Waals surface area (Å²) in [6.45, 7) is 0.884. The molecule has 2 bridgehead atoms. The van der Waals surface area contributed by atoms with E-state index in [1.807, 2.05) is 4.90 Å². The predicted molar refractivity (Wildman–Crippen MR) is 68.0 cm³/mol. The summed E-state index contributed by atoms with van der Waals surface area (Å²) in [5.74, 6) is 0.738. The van der Waals surface area contributed by atoms with Crippen LogP contribution in [-0.2, 0) is 0 Å².